The smallest absolute Gasteiger partial charge is 0.126 e. The second-order valence-electron chi connectivity index (χ2n) is 4.02. The summed E-state index contributed by atoms with van der Waals surface area (Å²) in [5.74, 6) is -0.113. The highest BCUT2D eigenvalue weighted by Crippen LogP contribution is 2.28. The van der Waals surface area contributed by atoms with Crippen LogP contribution in [0.1, 0.15) is 37.4 Å². The van der Waals surface area contributed by atoms with Crippen molar-refractivity contribution < 1.29 is 4.39 Å². The van der Waals surface area contributed by atoms with Crippen LogP contribution in [0.25, 0.3) is 0 Å². The van der Waals surface area contributed by atoms with Gasteiger partial charge >= 0.3 is 0 Å². The van der Waals surface area contributed by atoms with E-state index < -0.39 is 0 Å². The molecule has 0 bridgehead atoms. The summed E-state index contributed by atoms with van der Waals surface area (Å²) in [4.78, 5) is 1.16. The lowest BCUT2D eigenvalue weighted by Gasteiger charge is -2.17. The van der Waals surface area contributed by atoms with Gasteiger partial charge in [0.25, 0.3) is 0 Å². The third kappa shape index (κ3) is 3.22. The topological polar surface area (TPSA) is 12.0 Å². The van der Waals surface area contributed by atoms with Gasteiger partial charge in [0.15, 0.2) is 0 Å². The second-order valence-corrected chi connectivity index (χ2v) is 4.87. The van der Waals surface area contributed by atoms with E-state index >= 15 is 0 Å². The molecule has 0 aliphatic carbocycles. The van der Waals surface area contributed by atoms with E-state index in [0.717, 1.165) is 29.0 Å². The maximum absolute atomic E-state index is 13.5. The number of benzene rings is 1. The molecule has 0 aliphatic rings. The number of nitrogens with one attached hydrogen (secondary N) is 1. The molecule has 0 saturated heterocycles. The minimum absolute atomic E-state index is 0.113. The van der Waals surface area contributed by atoms with Crippen LogP contribution in [0, 0.1) is 12.7 Å². The maximum atomic E-state index is 13.5. The van der Waals surface area contributed by atoms with E-state index in [9.17, 15) is 4.39 Å². The minimum Gasteiger partial charge on any atom is -0.310 e. The van der Waals surface area contributed by atoms with Crippen molar-refractivity contribution in [1.82, 2.24) is 5.32 Å². The summed E-state index contributed by atoms with van der Waals surface area (Å²) in [7, 11) is 0. The van der Waals surface area contributed by atoms with Crippen molar-refractivity contribution in [3.8, 4) is 0 Å². The van der Waals surface area contributed by atoms with Crippen LogP contribution in [0.3, 0.4) is 0 Å². The number of aryl methyl sites for hydroxylation is 1. The van der Waals surface area contributed by atoms with E-state index in [0.29, 0.717) is 0 Å². The number of hydrogen-bond donors (Lipinski definition) is 1. The zero-order valence-electron chi connectivity index (χ0n) is 10.4. The van der Waals surface area contributed by atoms with Crippen molar-refractivity contribution in [2.45, 2.75) is 38.1 Å². The first-order chi connectivity index (χ1) is 7.60. The first-order valence-electron chi connectivity index (χ1n) is 5.67. The van der Waals surface area contributed by atoms with Crippen LogP contribution in [0.4, 0.5) is 4.39 Å². The zero-order chi connectivity index (χ0) is 12.1. The van der Waals surface area contributed by atoms with Crippen molar-refractivity contribution in [2.24, 2.45) is 0 Å². The molecule has 0 aromatic heterocycles. The third-order valence-corrected chi connectivity index (χ3v) is 3.47. The van der Waals surface area contributed by atoms with Gasteiger partial charge in [-0.15, -0.1) is 11.8 Å². The van der Waals surface area contributed by atoms with Crippen LogP contribution in [0.2, 0.25) is 0 Å². The molecule has 0 spiro atoms. The Morgan fingerprint density at radius 1 is 1.44 bits per heavy atom. The van der Waals surface area contributed by atoms with E-state index in [2.05, 4.69) is 19.2 Å². The molecule has 3 heteroatoms. The van der Waals surface area contributed by atoms with Gasteiger partial charge in [-0.05, 0) is 56.3 Å². The molecule has 1 unspecified atom stereocenters. The highest BCUT2D eigenvalue weighted by Gasteiger charge is 2.12. The lowest BCUT2D eigenvalue weighted by atomic mass is 10.1. The van der Waals surface area contributed by atoms with Gasteiger partial charge in [-0.25, -0.2) is 4.39 Å². The van der Waals surface area contributed by atoms with E-state index in [1.807, 2.05) is 19.2 Å². The molecule has 16 heavy (non-hydrogen) atoms. The molecule has 0 fully saturated rings. The molecular weight excluding hydrogens is 221 g/mol. The lowest BCUT2D eigenvalue weighted by Crippen LogP contribution is -2.20. The zero-order valence-corrected chi connectivity index (χ0v) is 11.2. The Hall–Kier alpha value is -0.540. The molecule has 1 aromatic carbocycles. The van der Waals surface area contributed by atoms with Crippen LogP contribution in [-0.4, -0.2) is 12.8 Å². The monoisotopic (exact) mass is 241 g/mol. The number of halogens is 1. The SMILES string of the molecule is CCCNC(C)c1cc(F)c(C)cc1SC. The van der Waals surface area contributed by atoms with Gasteiger partial charge in [0.05, 0.1) is 0 Å². The largest absolute Gasteiger partial charge is 0.310 e. The van der Waals surface area contributed by atoms with Gasteiger partial charge in [0.2, 0.25) is 0 Å². The Balaban J connectivity index is 2.96. The first-order valence-corrected chi connectivity index (χ1v) is 6.90. The standard InChI is InChI=1S/C13H20FNS/c1-5-6-15-10(3)11-8-12(14)9(2)7-13(11)16-4/h7-8,10,15H,5-6H2,1-4H3. The van der Waals surface area contributed by atoms with Crippen molar-refractivity contribution in [2.75, 3.05) is 12.8 Å². The average Bonchev–Trinajstić information content (AvgIpc) is 2.28. The van der Waals surface area contributed by atoms with Gasteiger partial charge < -0.3 is 5.32 Å². The number of thioether (sulfide) groups is 1. The van der Waals surface area contributed by atoms with E-state index in [1.54, 1.807) is 17.8 Å². The van der Waals surface area contributed by atoms with Crippen molar-refractivity contribution in [1.29, 1.82) is 0 Å². The average molecular weight is 241 g/mol. The third-order valence-electron chi connectivity index (χ3n) is 2.68. The normalized spacial score (nSPS) is 12.8. The predicted octanol–water partition coefficient (Wildman–Crippen LogP) is 3.92. The van der Waals surface area contributed by atoms with Crippen LogP contribution < -0.4 is 5.32 Å². The lowest BCUT2D eigenvalue weighted by molar-refractivity contribution is 0.552. The summed E-state index contributed by atoms with van der Waals surface area (Å²) < 4.78 is 13.5. The minimum atomic E-state index is -0.113. The fourth-order valence-corrected chi connectivity index (χ4v) is 2.42. The fraction of sp³-hybridized carbons (Fsp3) is 0.538. The highest BCUT2D eigenvalue weighted by molar-refractivity contribution is 7.98. The highest BCUT2D eigenvalue weighted by atomic mass is 32.2. The van der Waals surface area contributed by atoms with Gasteiger partial charge in [-0.1, -0.05) is 6.92 Å². The van der Waals surface area contributed by atoms with Crippen molar-refractivity contribution in [3.63, 3.8) is 0 Å². The van der Waals surface area contributed by atoms with Gasteiger partial charge in [0, 0.05) is 10.9 Å². The summed E-state index contributed by atoms with van der Waals surface area (Å²) in [6, 6.07) is 3.80. The molecule has 0 amide bonds. The number of hydrogen-bond acceptors (Lipinski definition) is 2. The van der Waals surface area contributed by atoms with Crippen molar-refractivity contribution >= 4 is 11.8 Å². The van der Waals surface area contributed by atoms with Crippen LogP contribution >= 0.6 is 11.8 Å². The first kappa shape index (κ1) is 13.5. The Labute approximate surface area is 102 Å². The van der Waals surface area contributed by atoms with Crippen molar-refractivity contribution in [3.05, 3.63) is 29.1 Å². The van der Waals surface area contributed by atoms with Crippen LogP contribution in [0.5, 0.6) is 0 Å². The summed E-state index contributed by atoms with van der Waals surface area (Å²) in [5, 5.41) is 3.39. The van der Waals surface area contributed by atoms with Gasteiger partial charge in [-0.2, -0.15) is 0 Å². The summed E-state index contributed by atoms with van der Waals surface area (Å²) in [5.41, 5.74) is 1.78. The summed E-state index contributed by atoms with van der Waals surface area (Å²) >= 11 is 1.67. The van der Waals surface area contributed by atoms with E-state index in [4.69, 9.17) is 0 Å². The summed E-state index contributed by atoms with van der Waals surface area (Å²) in [6.07, 6.45) is 3.12. The van der Waals surface area contributed by atoms with Crippen LogP contribution in [-0.2, 0) is 0 Å². The van der Waals surface area contributed by atoms with E-state index in [-0.39, 0.29) is 11.9 Å². The Morgan fingerprint density at radius 2 is 2.12 bits per heavy atom. The quantitative estimate of drug-likeness (QED) is 0.784. The van der Waals surface area contributed by atoms with Gasteiger partial charge in [-0.3, -0.25) is 0 Å². The van der Waals surface area contributed by atoms with Gasteiger partial charge in [0.1, 0.15) is 5.82 Å². The second kappa shape index (κ2) is 6.26. The van der Waals surface area contributed by atoms with E-state index in [1.165, 1.54) is 0 Å². The molecule has 1 nitrogen and oxygen atoms in total. The molecule has 0 aliphatic heterocycles. The molecule has 1 N–H and O–H groups in total. The molecule has 90 valence electrons. The molecule has 0 radical (unpaired) electrons. The Kier molecular flexibility index (Phi) is 5.29. The predicted molar refractivity (Wildman–Crippen MR) is 69.6 cm³/mol. The maximum Gasteiger partial charge on any atom is 0.126 e. The molecule has 1 aromatic rings. The fourth-order valence-electron chi connectivity index (χ4n) is 1.66. The molecule has 1 rings (SSSR count). The molecule has 1 atom stereocenters. The molecular formula is C13H20FNS. The Morgan fingerprint density at radius 3 is 2.69 bits per heavy atom. The Bertz CT molecular complexity index is 352. The molecule has 0 heterocycles. The number of rotatable bonds is 5. The summed E-state index contributed by atoms with van der Waals surface area (Å²) in [6.45, 7) is 6.98. The molecule has 0 saturated carbocycles. The van der Waals surface area contributed by atoms with Crippen LogP contribution in [0.15, 0.2) is 17.0 Å².